The van der Waals surface area contributed by atoms with Crippen LogP contribution in [0.4, 0.5) is 4.20 Å². The van der Waals surface area contributed by atoms with Crippen LogP contribution < -0.4 is 0 Å². The van der Waals surface area contributed by atoms with Crippen LogP contribution in [0.5, 0.6) is 0 Å². The zero-order valence-electron chi connectivity index (χ0n) is 12.7. The smallest absolute Gasteiger partial charge is 0.148 e. The molecule has 16 atom stereocenters. The zero-order valence-corrected chi connectivity index (χ0v) is 37.4. The minimum atomic E-state index is -1.37. The molecule has 0 aromatic carbocycles. The lowest BCUT2D eigenvalue weighted by Gasteiger charge is -2.45. The van der Waals surface area contributed by atoms with Crippen molar-refractivity contribution in [1.29, 1.82) is 0 Å². The number of halogens is 1. The maximum Gasteiger partial charge on any atom is 0.148 e. The van der Waals surface area contributed by atoms with Gasteiger partial charge >= 0.3 is 0 Å². The molecule has 0 nitrogen and oxygen atoms in total. The number of rotatable bonds is 11. The van der Waals surface area contributed by atoms with Gasteiger partial charge < -0.3 is 0 Å². The fourth-order valence-corrected chi connectivity index (χ4v) is 272. The fourth-order valence-electron chi connectivity index (χ4n) is 1.21. The van der Waals surface area contributed by atoms with Crippen molar-refractivity contribution in [2.45, 2.75) is 0 Å². The van der Waals surface area contributed by atoms with E-state index in [9.17, 15) is 0 Å². The van der Waals surface area contributed by atoms with Gasteiger partial charge in [-0.15, -0.1) is 107 Å². The van der Waals surface area contributed by atoms with E-state index in [0.29, 0.717) is 0 Å². The summed E-state index contributed by atoms with van der Waals surface area (Å²) in [5, 5.41) is 0. The van der Waals surface area contributed by atoms with Crippen LogP contribution in [0, 0.1) is 0 Å². The lowest BCUT2D eigenvalue weighted by atomic mass is 18.9. The second kappa shape index (κ2) is 19.3. The Morgan fingerprint density at radius 2 is 0.760 bits per heavy atom. The van der Waals surface area contributed by atoms with Crippen molar-refractivity contribution in [2.75, 3.05) is 0 Å². The zero-order chi connectivity index (χ0) is 20.1. The summed E-state index contributed by atoms with van der Waals surface area (Å²) >= 11 is 0. The highest BCUT2D eigenvalue weighted by molar-refractivity contribution is 9.35. The van der Waals surface area contributed by atoms with Gasteiger partial charge in [0.25, 0.3) is 0 Å². The van der Waals surface area contributed by atoms with Gasteiger partial charge in [0.05, 0.1) is 0 Å². The van der Waals surface area contributed by atoms with Gasteiger partial charge in [-0.3, -0.25) is 0 Å². The quantitative estimate of drug-likeness (QED) is 0.183. The van der Waals surface area contributed by atoms with Crippen molar-refractivity contribution in [3.05, 3.63) is 0 Å². The Bertz CT molecular complexity index is 306. The molecule has 25 heavy (non-hydrogen) atoms. The molecule has 0 rings (SSSR count). The molecule has 0 saturated carbocycles. The van der Waals surface area contributed by atoms with E-state index in [1.54, 1.807) is 0 Å². The SMILES string of the molecule is FP(P(P(P)P)P(P)PP)P(P(P(P)P)P(P)P)P(P(P)P)P(P)P. The van der Waals surface area contributed by atoms with Crippen LogP contribution in [0.15, 0.2) is 0 Å². The molecule has 0 aliphatic rings. The molecule has 0 aliphatic carbocycles. The Kier molecular flexibility index (Phi) is 27.3. The van der Waals surface area contributed by atoms with Gasteiger partial charge in [0.2, 0.25) is 0 Å². The second-order valence-electron chi connectivity index (χ2n) is 3.69. The Balaban J connectivity index is 6.16. The molecule has 0 aromatic rings. The first-order chi connectivity index (χ1) is 11.4. The lowest BCUT2D eigenvalue weighted by molar-refractivity contribution is 0.931. The Morgan fingerprint density at radius 1 is 0.480 bits per heavy atom. The predicted molar refractivity (Wildman–Crippen MR) is 202 cm³/mol. The van der Waals surface area contributed by atoms with Crippen LogP contribution in [0.25, 0.3) is 0 Å². The summed E-state index contributed by atoms with van der Waals surface area (Å²) in [5.41, 5.74) is 0. The van der Waals surface area contributed by atoms with Gasteiger partial charge in [-0.05, 0) is 55.9 Å². The fraction of sp³-hybridized carbons (Fsp3) is 0. The molecule has 0 amide bonds. The van der Waals surface area contributed by atoms with Crippen molar-refractivity contribution in [1.82, 2.24) is 0 Å². The average molecular weight is 788 g/mol. The van der Waals surface area contributed by atoms with E-state index in [2.05, 4.69) is 107 Å². The first-order valence-corrected chi connectivity index (χ1v) is 48.7. The Morgan fingerprint density at radius 3 is 0.960 bits per heavy atom. The highest BCUT2D eigenvalue weighted by atomic mass is 33.4. The van der Waals surface area contributed by atoms with Crippen molar-refractivity contribution >= 4 is 193 Å². The predicted octanol–water partition coefficient (Wildman–Crippen LogP) is 14.4. The van der Waals surface area contributed by atoms with Crippen LogP contribution in [0.3, 0.4) is 0 Å². The topological polar surface area (TPSA) is 0 Å². The highest BCUT2D eigenvalue weighted by Gasteiger charge is 2.47. The molecule has 0 aromatic heterocycles. The first-order valence-electron chi connectivity index (χ1n) is 5.52. The Labute approximate surface area is 195 Å². The molecule has 0 saturated heterocycles. The minimum absolute atomic E-state index is 0.233. The standard InChI is InChI=1S/FH25P24/c1-15(22(16(3)4)21(13)14-2)23(24(17(5)6)18(7)8)25(19(9)10)20(11)12/h14H,2-13H2. The summed E-state index contributed by atoms with van der Waals surface area (Å²) in [4.78, 5) is 0. The third kappa shape index (κ3) is 13.0. The van der Waals surface area contributed by atoms with E-state index in [1.165, 1.54) is 0 Å². The molecular weight excluding hydrogens is 762 g/mol. The van der Waals surface area contributed by atoms with Gasteiger partial charge in [-0.2, -0.15) is 0 Å². The van der Waals surface area contributed by atoms with Gasteiger partial charge in [-0.25, -0.2) is 4.20 Å². The van der Waals surface area contributed by atoms with Crippen LogP contribution in [-0.4, -0.2) is 0 Å². The van der Waals surface area contributed by atoms with Gasteiger partial charge in [0, 0.05) is 14.0 Å². The minimum Gasteiger partial charge on any atom is -0.216 e. The number of hydrogen-bond acceptors (Lipinski definition) is 0. The van der Waals surface area contributed by atoms with Gasteiger partial charge in [-0.1, -0.05) is 7.96 Å². The van der Waals surface area contributed by atoms with Crippen molar-refractivity contribution in [2.24, 2.45) is 0 Å². The van der Waals surface area contributed by atoms with Crippen LogP contribution in [0.2, 0.25) is 0 Å². The molecule has 25 heteroatoms. The van der Waals surface area contributed by atoms with E-state index in [0.717, 1.165) is 7.96 Å². The van der Waals surface area contributed by atoms with Gasteiger partial charge in [0.15, 0.2) is 0 Å². The van der Waals surface area contributed by atoms with E-state index in [1.807, 2.05) is 0 Å². The van der Waals surface area contributed by atoms with E-state index < -0.39 is 21.6 Å². The Hall–Kier alpha value is 10.2. The molecule has 0 bridgehead atoms. The molecule has 0 spiro atoms. The summed E-state index contributed by atoms with van der Waals surface area (Å²) in [5.74, 6) is 0. The lowest BCUT2D eigenvalue weighted by Crippen LogP contribution is -1.60. The second-order valence-corrected chi connectivity index (χ2v) is 96.8. The molecule has 0 N–H and O–H groups in total. The number of hydrogen-bond donors (Lipinski definition) is 0. The summed E-state index contributed by atoms with van der Waals surface area (Å²) in [7, 11) is 35.8. The third-order valence-electron chi connectivity index (χ3n) is 1.97. The molecule has 0 radical (unpaired) electrons. The molecule has 16 unspecified atom stereocenters. The summed E-state index contributed by atoms with van der Waals surface area (Å²) in [6, 6.07) is 0. The van der Waals surface area contributed by atoms with Crippen LogP contribution in [-0.2, 0) is 0 Å². The summed E-state index contributed by atoms with van der Waals surface area (Å²) < 4.78 is 16.5. The van der Waals surface area contributed by atoms with E-state index >= 15 is 4.20 Å². The van der Waals surface area contributed by atoms with Crippen molar-refractivity contribution in [3.63, 3.8) is 0 Å². The molecule has 0 heterocycles. The molecular formula is H25FP24. The maximum absolute atomic E-state index is 16.5. The largest absolute Gasteiger partial charge is 0.216 e. The highest BCUT2D eigenvalue weighted by Crippen LogP contribution is 3.32. The molecule has 152 valence electrons. The summed E-state index contributed by atoms with van der Waals surface area (Å²) in [6.07, 6.45) is 0. The third-order valence-corrected chi connectivity index (χ3v) is 153. The van der Waals surface area contributed by atoms with Gasteiger partial charge in [0.1, 0.15) is 7.61 Å². The first kappa shape index (κ1) is 35.2. The monoisotopic (exact) mass is 788 g/mol. The van der Waals surface area contributed by atoms with Crippen molar-refractivity contribution < 1.29 is 4.20 Å². The summed E-state index contributed by atoms with van der Waals surface area (Å²) in [6.45, 7) is -3.08. The van der Waals surface area contributed by atoms with Crippen LogP contribution >= 0.6 is 193 Å². The van der Waals surface area contributed by atoms with E-state index in [-0.39, 0.29) is 55.9 Å². The van der Waals surface area contributed by atoms with Crippen molar-refractivity contribution in [3.8, 4) is 0 Å². The molecule has 0 aliphatic heterocycles. The van der Waals surface area contributed by atoms with E-state index in [4.69, 9.17) is 0 Å². The normalized spacial score (nSPS) is 17.6. The average Bonchev–Trinajstić information content (AvgIpc) is 2.44. The molecule has 0 fully saturated rings. The van der Waals surface area contributed by atoms with Crippen LogP contribution in [0.1, 0.15) is 0 Å². The maximum atomic E-state index is 16.5.